The Kier molecular flexibility index (Phi) is 3.91. The largest absolute Gasteiger partial charge is 0.404 e. The molecule has 2 aromatic rings. The lowest BCUT2D eigenvalue weighted by molar-refractivity contribution is -0.112. The van der Waals surface area contributed by atoms with E-state index in [1.54, 1.807) is 0 Å². The van der Waals surface area contributed by atoms with Crippen LogP contribution >= 0.6 is 0 Å². The standard InChI is InChI=1S/C23H28O2Si/c1-22(2,3)26(20-10-6-4-7-11-20,21-12-8-5-9-13-21)25-19-14-18-15-23(18,16-19)17-24/h4-13,17-19H,14-16H2,1-3H3/t18-,19-,23-/m0/s1/i17D. The van der Waals surface area contributed by atoms with E-state index in [0.717, 1.165) is 12.8 Å². The topological polar surface area (TPSA) is 26.3 Å². The van der Waals surface area contributed by atoms with E-state index >= 15 is 0 Å². The molecule has 2 aliphatic carbocycles. The Hall–Kier alpha value is -1.71. The zero-order chi connectivity index (χ0) is 19.3. The average Bonchev–Trinajstić information content (AvgIpc) is 3.22. The Morgan fingerprint density at radius 2 is 1.58 bits per heavy atom. The van der Waals surface area contributed by atoms with Gasteiger partial charge in [0.05, 0.1) is 0 Å². The molecule has 0 unspecified atom stereocenters. The van der Waals surface area contributed by atoms with Crippen molar-refractivity contribution >= 4 is 25.0 Å². The summed E-state index contributed by atoms with van der Waals surface area (Å²) in [4.78, 5) is 11.9. The monoisotopic (exact) mass is 365 g/mol. The van der Waals surface area contributed by atoms with Crippen LogP contribution in [0.5, 0.6) is 0 Å². The Labute approximate surface area is 159 Å². The molecular formula is C23H28O2Si. The zero-order valence-electron chi connectivity index (χ0n) is 16.9. The predicted octanol–water partition coefficient (Wildman–Crippen LogP) is 3.93. The molecule has 0 spiro atoms. The summed E-state index contributed by atoms with van der Waals surface area (Å²) in [6, 6.07) is 21.3. The van der Waals surface area contributed by atoms with E-state index < -0.39 is 13.7 Å². The van der Waals surface area contributed by atoms with Crippen LogP contribution in [-0.4, -0.2) is 20.7 Å². The van der Waals surface area contributed by atoms with Crippen molar-refractivity contribution in [3.8, 4) is 0 Å². The van der Waals surface area contributed by atoms with Crippen LogP contribution in [0.25, 0.3) is 0 Å². The fourth-order valence-corrected chi connectivity index (χ4v) is 9.64. The summed E-state index contributed by atoms with van der Waals surface area (Å²) >= 11 is 0. The smallest absolute Gasteiger partial charge is 0.261 e. The van der Waals surface area contributed by atoms with Gasteiger partial charge in [-0.3, -0.25) is 0 Å². The fourth-order valence-electron chi connectivity index (χ4n) is 4.94. The lowest BCUT2D eigenvalue weighted by Gasteiger charge is -2.45. The van der Waals surface area contributed by atoms with Crippen LogP contribution in [0.4, 0.5) is 0 Å². The number of rotatable bonds is 5. The SMILES string of the molecule is [2H]C(=O)[C@]12C[C@@H](O[Si](c3ccccc3)(c3ccccc3)C(C)(C)C)C[C@H]1C2. The maximum Gasteiger partial charge on any atom is 0.261 e. The molecular weight excluding hydrogens is 336 g/mol. The van der Waals surface area contributed by atoms with Gasteiger partial charge in [-0.05, 0) is 40.6 Å². The Morgan fingerprint density at radius 1 is 1.04 bits per heavy atom. The van der Waals surface area contributed by atoms with Gasteiger partial charge in [-0.1, -0.05) is 81.4 Å². The predicted molar refractivity (Wildman–Crippen MR) is 108 cm³/mol. The van der Waals surface area contributed by atoms with Crippen LogP contribution in [0.1, 0.15) is 41.4 Å². The van der Waals surface area contributed by atoms with E-state index in [1.807, 2.05) is 0 Å². The van der Waals surface area contributed by atoms with Gasteiger partial charge >= 0.3 is 0 Å². The second-order valence-corrected chi connectivity index (χ2v) is 13.3. The van der Waals surface area contributed by atoms with Gasteiger partial charge in [0.25, 0.3) is 8.32 Å². The molecule has 3 heteroatoms. The normalized spacial score (nSPS) is 28.3. The molecule has 0 radical (unpaired) electrons. The van der Waals surface area contributed by atoms with Crippen molar-refractivity contribution in [3.63, 3.8) is 0 Å². The maximum absolute atomic E-state index is 11.9. The molecule has 0 N–H and O–H groups in total. The highest BCUT2D eigenvalue weighted by molar-refractivity contribution is 6.99. The number of hydrogen-bond donors (Lipinski definition) is 0. The highest BCUT2D eigenvalue weighted by atomic mass is 28.4. The van der Waals surface area contributed by atoms with Gasteiger partial charge in [-0.15, -0.1) is 0 Å². The Balaban J connectivity index is 1.78. The number of fused-ring (bicyclic) bond motifs is 1. The van der Waals surface area contributed by atoms with Crippen molar-refractivity contribution in [2.75, 3.05) is 0 Å². The second-order valence-electron chi connectivity index (χ2n) is 9.00. The first-order chi connectivity index (χ1) is 12.8. The van der Waals surface area contributed by atoms with Crippen LogP contribution in [0.15, 0.2) is 60.7 Å². The maximum atomic E-state index is 11.9. The van der Waals surface area contributed by atoms with Gasteiger partial charge < -0.3 is 9.22 Å². The molecule has 3 atom stereocenters. The van der Waals surface area contributed by atoms with E-state index in [0.29, 0.717) is 12.3 Å². The molecule has 0 aliphatic heterocycles. The molecule has 26 heavy (non-hydrogen) atoms. The quantitative estimate of drug-likeness (QED) is 0.593. The summed E-state index contributed by atoms with van der Waals surface area (Å²) < 4.78 is 14.8. The summed E-state index contributed by atoms with van der Waals surface area (Å²) in [6.07, 6.45) is 2.18. The molecule has 0 saturated heterocycles. The van der Waals surface area contributed by atoms with Crippen LogP contribution in [0.2, 0.25) is 5.04 Å². The fraction of sp³-hybridized carbons (Fsp3) is 0.435. The van der Waals surface area contributed by atoms with Gasteiger partial charge in [0.15, 0.2) is 0 Å². The van der Waals surface area contributed by atoms with Crippen molar-refractivity contribution in [1.82, 2.24) is 0 Å². The van der Waals surface area contributed by atoms with Gasteiger partial charge in [0, 0.05) is 11.5 Å². The summed E-state index contributed by atoms with van der Waals surface area (Å²) in [5.41, 5.74) is -0.407. The Morgan fingerprint density at radius 3 is 2.00 bits per heavy atom. The minimum Gasteiger partial charge on any atom is -0.404 e. The van der Waals surface area contributed by atoms with E-state index in [4.69, 9.17) is 5.80 Å². The molecule has 2 aliphatic rings. The summed E-state index contributed by atoms with van der Waals surface area (Å²) in [7, 11) is -2.56. The molecule has 0 bridgehead atoms. The van der Waals surface area contributed by atoms with Crippen molar-refractivity contribution in [1.29, 1.82) is 0 Å². The minimum atomic E-state index is -2.56. The molecule has 4 rings (SSSR count). The molecule has 2 saturated carbocycles. The van der Waals surface area contributed by atoms with Gasteiger partial charge in [0.1, 0.15) is 7.63 Å². The first kappa shape index (κ1) is 16.5. The third-order valence-corrected chi connectivity index (χ3v) is 11.4. The average molecular weight is 366 g/mol. The van der Waals surface area contributed by atoms with Gasteiger partial charge in [0.2, 0.25) is 0 Å². The highest BCUT2D eigenvalue weighted by Crippen LogP contribution is 2.63. The van der Waals surface area contributed by atoms with Gasteiger partial charge in [-0.2, -0.15) is 0 Å². The van der Waals surface area contributed by atoms with Crippen molar-refractivity contribution in [3.05, 3.63) is 60.7 Å². The number of carbonyl (C=O) groups excluding carboxylic acids is 1. The van der Waals surface area contributed by atoms with Crippen LogP contribution in [-0.2, 0) is 9.22 Å². The molecule has 136 valence electrons. The van der Waals surface area contributed by atoms with Crippen molar-refractivity contribution in [2.24, 2.45) is 11.3 Å². The van der Waals surface area contributed by atoms with E-state index in [1.165, 1.54) is 10.4 Å². The van der Waals surface area contributed by atoms with E-state index in [-0.39, 0.29) is 17.4 Å². The first-order valence-electron chi connectivity index (χ1n) is 10.1. The Bertz CT molecular complexity index is 791. The lowest BCUT2D eigenvalue weighted by atomic mass is 10.1. The lowest BCUT2D eigenvalue weighted by Crippen LogP contribution is -2.67. The van der Waals surface area contributed by atoms with E-state index in [9.17, 15) is 4.79 Å². The number of carbonyl (C=O) groups is 1. The van der Waals surface area contributed by atoms with Crippen molar-refractivity contribution < 1.29 is 10.6 Å². The molecule has 2 aromatic carbocycles. The van der Waals surface area contributed by atoms with Crippen molar-refractivity contribution in [2.45, 2.75) is 51.2 Å². The third-order valence-electron chi connectivity index (χ3n) is 6.33. The highest BCUT2D eigenvalue weighted by Gasteiger charge is 2.62. The molecule has 0 amide bonds. The van der Waals surface area contributed by atoms with Crippen LogP contribution in [0, 0.1) is 11.3 Å². The summed E-state index contributed by atoms with van der Waals surface area (Å²) in [5, 5.41) is 2.49. The third kappa shape index (κ3) is 2.69. The molecule has 0 aromatic heterocycles. The summed E-state index contributed by atoms with van der Waals surface area (Å²) in [5.74, 6) is 0.353. The zero-order valence-corrected chi connectivity index (χ0v) is 16.9. The number of benzene rings is 2. The molecule has 0 heterocycles. The number of aldehydes is 1. The number of hydrogen-bond acceptors (Lipinski definition) is 2. The van der Waals surface area contributed by atoms with Crippen LogP contribution < -0.4 is 10.4 Å². The molecule has 2 nitrogen and oxygen atoms in total. The van der Waals surface area contributed by atoms with Crippen LogP contribution in [0.3, 0.4) is 0 Å². The van der Waals surface area contributed by atoms with Gasteiger partial charge in [-0.25, -0.2) is 0 Å². The minimum absolute atomic E-state index is 0.0549. The second kappa shape index (κ2) is 6.17. The first-order valence-corrected chi connectivity index (χ1v) is 11.5. The summed E-state index contributed by atoms with van der Waals surface area (Å²) in [6.45, 7) is 6.83. The van der Waals surface area contributed by atoms with E-state index in [2.05, 4.69) is 81.4 Å². The molecule has 2 fully saturated rings.